The number of nitrogens with zero attached hydrogens (tertiary/aromatic N) is 3. The van der Waals surface area contributed by atoms with Gasteiger partial charge in [-0.25, -0.2) is 4.98 Å². The van der Waals surface area contributed by atoms with Crippen LogP contribution in [0.15, 0.2) is 17.3 Å². The molecular weight excluding hydrogens is 216 g/mol. The van der Waals surface area contributed by atoms with Crippen molar-refractivity contribution >= 4 is 11.7 Å². The van der Waals surface area contributed by atoms with Gasteiger partial charge >= 0.3 is 0 Å². The molecule has 1 unspecified atom stereocenters. The van der Waals surface area contributed by atoms with Crippen molar-refractivity contribution in [2.45, 2.75) is 32.7 Å². The van der Waals surface area contributed by atoms with Gasteiger partial charge in [0, 0.05) is 18.3 Å². The molecule has 2 rings (SSSR count). The molecule has 0 amide bonds. The van der Waals surface area contributed by atoms with Gasteiger partial charge in [0.15, 0.2) is 5.84 Å². The summed E-state index contributed by atoms with van der Waals surface area (Å²) < 4.78 is 0. The first-order valence-electron chi connectivity index (χ1n) is 5.85. The van der Waals surface area contributed by atoms with E-state index in [0.29, 0.717) is 11.6 Å². The van der Waals surface area contributed by atoms with Crippen LogP contribution < -0.4 is 10.6 Å². The Hall–Kier alpha value is -1.78. The number of oxime groups is 1. The fraction of sp³-hybridized carbons (Fsp3) is 0.500. The third kappa shape index (κ3) is 2.18. The highest BCUT2D eigenvalue weighted by atomic mass is 16.4. The highest BCUT2D eigenvalue weighted by molar-refractivity contribution is 6.01. The summed E-state index contributed by atoms with van der Waals surface area (Å²) in [5.74, 6) is 0.942. The van der Waals surface area contributed by atoms with Crippen LogP contribution in [0.25, 0.3) is 0 Å². The molecule has 0 saturated carbocycles. The summed E-state index contributed by atoms with van der Waals surface area (Å²) in [5.41, 5.74) is 7.33. The van der Waals surface area contributed by atoms with Crippen LogP contribution in [0, 0.1) is 6.92 Å². The van der Waals surface area contributed by atoms with Crippen molar-refractivity contribution in [3.63, 3.8) is 0 Å². The summed E-state index contributed by atoms with van der Waals surface area (Å²) in [6.45, 7) is 5.09. The molecule has 0 bridgehead atoms. The van der Waals surface area contributed by atoms with Crippen molar-refractivity contribution in [2.75, 3.05) is 11.4 Å². The molecule has 5 nitrogen and oxygen atoms in total. The third-order valence-electron chi connectivity index (χ3n) is 3.22. The Morgan fingerprint density at radius 1 is 1.59 bits per heavy atom. The van der Waals surface area contributed by atoms with E-state index in [9.17, 15) is 0 Å². The van der Waals surface area contributed by atoms with E-state index in [2.05, 4.69) is 22.0 Å². The van der Waals surface area contributed by atoms with Gasteiger partial charge in [0.25, 0.3) is 0 Å². The lowest BCUT2D eigenvalue weighted by Crippen LogP contribution is -2.30. The molecule has 0 aliphatic carbocycles. The van der Waals surface area contributed by atoms with E-state index in [1.54, 1.807) is 0 Å². The third-order valence-corrected chi connectivity index (χ3v) is 3.22. The van der Waals surface area contributed by atoms with Crippen LogP contribution in [-0.4, -0.2) is 28.6 Å². The molecule has 1 aliphatic rings. The molecule has 1 aliphatic heterocycles. The van der Waals surface area contributed by atoms with Gasteiger partial charge in [-0.05, 0) is 38.8 Å². The van der Waals surface area contributed by atoms with Crippen LogP contribution >= 0.6 is 0 Å². The lowest BCUT2D eigenvalue weighted by Gasteiger charge is -2.25. The van der Waals surface area contributed by atoms with Crippen molar-refractivity contribution < 1.29 is 5.21 Å². The normalized spacial score (nSPS) is 20.9. The predicted octanol–water partition coefficient (Wildman–Crippen LogP) is 1.47. The van der Waals surface area contributed by atoms with E-state index in [0.717, 1.165) is 30.9 Å². The molecule has 1 atom stereocenters. The smallest absolute Gasteiger partial charge is 0.173 e. The Balaban J connectivity index is 2.46. The Morgan fingerprint density at radius 2 is 2.35 bits per heavy atom. The first-order chi connectivity index (χ1) is 8.13. The number of nitrogens with two attached hydrogens (primary N) is 1. The van der Waals surface area contributed by atoms with Gasteiger partial charge in [0.1, 0.15) is 5.82 Å². The highest BCUT2D eigenvalue weighted by Gasteiger charge is 2.25. The summed E-state index contributed by atoms with van der Waals surface area (Å²) in [7, 11) is 0. The Bertz CT molecular complexity index is 444. The molecule has 1 saturated heterocycles. The fourth-order valence-corrected chi connectivity index (χ4v) is 2.26. The maximum atomic E-state index is 8.81. The van der Waals surface area contributed by atoms with Crippen molar-refractivity contribution in [2.24, 2.45) is 10.9 Å². The van der Waals surface area contributed by atoms with Crippen LogP contribution in [-0.2, 0) is 0 Å². The van der Waals surface area contributed by atoms with Crippen molar-refractivity contribution in [1.82, 2.24) is 4.98 Å². The average Bonchev–Trinajstić information content (AvgIpc) is 2.74. The molecule has 17 heavy (non-hydrogen) atoms. The SMILES string of the molecule is Cc1ccc(C(N)=NO)c(N2CCCC2C)n1. The van der Waals surface area contributed by atoms with E-state index >= 15 is 0 Å². The number of pyridine rings is 1. The minimum absolute atomic E-state index is 0.117. The molecular formula is C12H18N4O. The molecule has 1 aromatic heterocycles. The Labute approximate surface area is 101 Å². The Morgan fingerprint density at radius 3 is 2.94 bits per heavy atom. The van der Waals surface area contributed by atoms with Gasteiger partial charge in [0.2, 0.25) is 0 Å². The Kier molecular flexibility index (Phi) is 3.17. The fourth-order valence-electron chi connectivity index (χ4n) is 2.26. The van der Waals surface area contributed by atoms with Gasteiger partial charge in [-0.15, -0.1) is 0 Å². The molecule has 1 fully saturated rings. The minimum Gasteiger partial charge on any atom is -0.409 e. The first-order valence-corrected chi connectivity index (χ1v) is 5.85. The largest absolute Gasteiger partial charge is 0.409 e. The van der Waals surface area contributed by atoms with Gasteiger partial charge < -0.3 is 15.8 Å². The number of hydrogen-bond donors (Lipinski definition) is 2. The predicted molar refractivity (Wildman–Crippen MR) is 67.5 cm³/mol. The van der Waals surface area contributed by atoms with Crippen molar-refractivity contribution in [3.8, 4) is 0 Å². The quantitative estimate of drug-likeness (QED) is 0.352. The number of amidine groups is 1. The van der Waals surface area contributed by atoms with E-state index < -0.39 is 0 Å². The summed E-state index contributed by atoms with van der Waals surface area (Å²) >= 11 is 0. The van der Waals surface area contributed by atoms with Crippen molar-refractivity contribution in [1.29, 1.82) is 0 Å². The first kappa shape index (κ1) is 11.7. The highest BCUT2D eigenvalue weighted by Crippen LogP contribution is 2.26. The molecule has 92 valence electrons. The van der Waals surface area contributed by atoms with Crippen LogP contribution in [0.3, 0.4) is 0 Å². The monoisotopic (exact) mass is 234 g/mol. The van der Waals surface area contributed by atoms with Gasteiger partial charge in [-0.1, -0.05) is 5.16 Å². The number of aromatic nitrogens is 1. The van der Waals surface area contributed by atoms with Crippen molar-refractivity contribution in [3.05, 3.63) is 23.4 Å². The molecule has 0 radical (unpaired) electrons. The maximum Gasteiger partial charge on any atom is 0.173 e. The van der Waals surface area contributed by atoms with E-state index in [1.807, 2.05) is 19.1 Å². The van der Waals surface area contributed by atoms with E-state index in [-0.39, 0.29) is 5.84 Å². The summed E-state index contributed by atoms with van der Waals surface area (Å²) in [4.78, 5) is 6.75. The zero-order valence-electron chi connectivity index (χ0n) is 10.2. The molecule has 2 heterocycles. The lowest BCUT2D eigenvalue weighted by atomic mass is 10.2. The summed E-state index contributed by atoms with van der Waals surface area (Å²) in [6, 6.07) is 4.18. The number of anilines is 1. The molecule has 0 spiro atoms. The second kappa shape index (κ2) is 4.61. The topological polar surface area (TPSA) is 74.7 Å². The van der Waals surface area contributed by atoms with E-state index in [1.165, 1.54) is 0 Å². The maximum absolute atomic E-state index is 8.81. The number of rotatable bonds is 2. The molecule has 3 N–H and O–H groups in total. The van der Waals surface area contributed by atoms with Gasteiger partial charge in [-0.2, -0.15) is 0 Å². The second-order valence-electron chi connectivity index (χ2n) is 4.49. The minimum atomic E-state index is 0.117. The van der Waals surface area contributed by atoms with Crippen LogP contribution in [0.5, 0.6) is 0 Å². The summed E-state index contributed by atoms with van der Waals surface area (Å²) in [6.07, 6.45) is 2.32. The second-order valence-corrected chi connectivity index (χ2v) is 4.49. The summed E-state index contributed by atoms with van der Waals surface area (Å²) in [5, 5.41) is 11.9. The molecule has 5 heteroatoms. The number of aryl methyl sites for hydroxylation is 1. The van der Waals surface area contributed by atoms with Crippen LogP contribution in [0.4, 0.5) is 5.82 Å². The van der Waals surface area contributed by atoms with Gasteiger partial charge in [-0.3, -0.25) is 0 Å². The number of hydrogen-bond acceptors (Lipinski definition) is 4. The standard InChI is InChI=1S/C12H18N4O/c1-8-5-6-10(11(13)15-17)12(14-8)16-7-3-4-9(16)2/h5-6,9,17H,3-4,7H2,1-2H3,(H2,13,15). The average molecular weight is 234 g/mol. The molecule has 0 aromatic carbocycles. The van der Waals surface area contributed by atoms with Crippen LogP contribution in [0.1, 0.15) is 31.0 Å². The van der Waals surface area contributed by atoms with Crippen LogP contribution in [0.2, 0.25) is 0 Å². The zero-order chi connectivity index (χ0) is 12.4. The van der Waals surface area contributed by atoms with E-state index in [4.69, 9.17) is 10.9 Å². The molecule has 1 aromatic rings. The zero-order valence-corrected chi connectivity index (χ0v) is 10.2. The van der Waals surface area contributed by atoms with Gasteiger partial charge in [0.05, 0.1) is 5.56 Å². The lowest BCUT2D eigenvalue weighted by molar-refractivity contribution is 0.318.